The largest absolute Gasteiger partial charge is 0.509 e. The summed E-state index contributed by atoms with van der Waals surface area (Å²) < 4.78 is 0. The van der Waals surface area contributed by atoms with Gasteiger partial charge < -0.3 is 30.6 Å². The fourth-order valence-corrected chi connectivity index (χ4v) is 2.11. The van der Waals surface area contributed by atoms with Crippen molar-refractivity contribution in [3.8, 4) is 0 Å². The molecule has 0 aliphatic carbocycles. The molecule has 5 unspecified atom stereocenters. The van der Waals surface area contributed by atoms with E-state index in [4.69, 9.17) is 5.11 Å². The summed E-state index contributed by atoms with van der Waals surface area (Å²) in [4.78, 5) is 0. The average molecular weight is 326 g/mol. The van der Waals surface area contributed by atoms with Crippen LogP contribution in [0.3, 0.4) is 0 Å². The van der Waals surface area contributed by atoms with E-state index < -0.39 is 36.8 Å². The molecule has 0 aromatic heterocycles. The third kappa shape index (κ3) is 5.30. The van der Waals surface area contributed by atoms with Gasteiger partial charge in [-0.25, -0.2) is 0 Å². The monoisotopic (exact) mass is 326 g/mol. The lowest BCUT2D eigenvalue weighted by atomic mass is 9.97. The number of rotatable bonds is 8. The molecule has 0 bridgehead atoms. The van der Waals surface area contributed by atoms with Crippen molar-refractivity contribution < 1.29 is 30.6 Å². The fourth-order valence-electron chi connectivity index (χ4n) is 2.11. The van der Waals surface area contributed by atoms with Crippen molar-refractivity contribution in [2.24, 2.45) is 0 Å². The fraction of sp³-hybridized carbons (Fsp3) is 0.529. The molecule has 23 heavy (non-hydrogen) atoms. The summed E-state index contributed by atoms with van der Waals surface area (Å²) in [6.07, 6.45) is -4.71. The minimum atomic E-state index is -1.83. The maximum absolute atomic E-state index is 9.87. The second-order valence-corrected chi connectivity index (χ2v) is 5.72. The Hall–Kier alpha value is -1.44. The summed E-state index contributed by atoms with van der Waals surface area (Å²) in [6.45, 7) is 3.43. The quantitative estimate of drug-likeness (QED) is 0.388. The van der Waals surface area contributed by atoms with Crippen LogP contribution in [0.5, 0.6) is 0 Å². The normalized spacial score (nSPS) is 19.0. The van der Waals surface area contributed by atoms with Crippen molar-refractivity contribution in [3.05, 3.63) is 41.2 Å². The molecular formula is C17H26O6. The predicted molar refractivity (Wildman–Crippen MR) is 86.9 cm³/mol. The summed E-state index contributed by atoms with van der Waals surface area (Å²) in [7, 11) is 0. The topological polar surface area (TPSA) is 121 Å². The van der Waals surface area contributed by atoms with E-state index in [1.165, 1.54) is 6.08 Å². The molecule has 1 rings (SSSR count). The average Bonchev–Trinajstić information content (AvgIpc) is 2.58. The van der Waals surface area contributed by atoms with E-state index in [1.807, 2.05) is 12.1 Å². The van der Waals surface area contributed by atoms with Crippen LogP contribution in [0.25, 0.3) is 6.08 Å². The highest BCUT2D eigenvalue weighted by molar-refractivity contribution is 5.52. The molecule has 0 spiro atoms. The molecular weight excluding hydrogens is 300 g/mol. The van der Waals surface area contributed by atoms with Gasteiger partial charge in [-0.1, -0.05) is 38.1 Å². The van der Waals surface area contributed by atoms with Crippen LogP contribution < -0.4 is 0 Å². The second-order valence-electron chi connectivity index (χ2n) is 5.72. The molecule has 0 radical (unpaired) electrons. The molecule has 130 valence electrons. The number of aliphatic hydroxyl groups excluding tert-OH is 6. The number of benzene rings is 1. The Morgan fingerprint density at radius 2 is 1.61 bits per heavy atom. The third-order valence-electron chi connectivity index (χ3n) is 3.99. The summed E-state index contributed by atoms with van der Waals surface area (Å²) in [5.41, 5.74) is 1.78. The van der Waals surface area contributed by atoms with E-state index in [1.54, 1.807) is 12.1 Å². The standard InChI is InChI=1S/C17H26O6/c1-3-10(2)12-6-4-11(5-7-12)8-13(19)15(21)17(23)16(22)14(20)9-18/h4-8,10,14-23H,3,9H2,1-2H3. The van der Waals surface area contributed by atoms with Gasteiger partial charge in [0.05, 0.1) is 6.61 Å². The van der Waals surface area contributed by atoms with Crippen molar-refractivity contribution in [2.45, 2.75) is 50.6 Å². The van der Waals surface area contributed by atoms with Gasteiger partial charge in [-0.05, 0) is 29.5 Å². The van der Waals surface area contributed by atoms with Crippen LogP contribution in [0.2, 0.25) is 0 Å². The molecule has 6 N–H and O–H groups in total. The highest BCUT2D eigenvalue weighted by atomic mass is 16.4. The van der Waals surface area contributed by atoms with Crippen molar-refractivity contribution >= 4 is 6.08 Å². The lowest BCUT2D eigenvalue weighted by molar-refractivity contribution is -0.112. The van der Waals surface area contributed by atoms with E-state index in [9.17, 15) is 25.5 Å². The molecule has 0 saturated carbocycles. The number of hydrogen-bond acceptors (Lipinski definition) is 6. The first kappa shape index (κ1) is 19.6. The van der Waals surface area contributed by atoms with Crippen LogP contribution in [-0.2, 0) is 0 Å². The maximum atomic E-state index is 9.87. The second kappa shape index (κ2) is 9.00. The van der Waals surface area contributed by atoms with Gasteiger partial charge >= 0.3 is 0 Å². The first-order valence-electron chi connectivity index (χ1n) is 7.65. The Morgan fingerprint density at radius 3 is 2.09 bits per heavy atom. The molecule has 0 fully saturated rings. The summed E-state index contributed by atoms with van der Waals surface area (Å²) >= 11 is 0. The maximum Gasteiger partial charge on any atom is 0.139 e. The Labute approximate surface area is 136 Å². The first-order chi connectivity index (χ1) is 10.8. The van der Waals surface area contributed by atoms with Gasteiger partial charge in [-0.2, -0.15) is 0 Å². The first-order valence-corrected chi connectivity index (χ1v) is 7.65. The SMILES string of the molecule is CCC(C)c1ccc(C=C(O)C(O)C(O)C(O)C(O)CO)cc1. The van der Waals surface area contributed by atoms with Crippen molar-refractivity contribution in [3.63, 3.8) is 0 Å². The lowest BCUT2D eigenvalue weighted by Crippen LogP contribution is -2.46. The van der Waals surface area contributed by atoms with Crippen molar-refractivity contribution in [2.75, 3.05) is 6.61 Å². The minimum Gasteiger partial charge on any atom is -0.509 e. The van der Waals surface area contributed by atoms with Crippen molar-refractivity contribution in [1.82, 2.24) is 0 Å². The van der Waals surface area contributed by atoms with Crippen molar-refractivity contribution in [1.29, 1.82) is 0 Å². The smallest absolute Gasteiger partial charge is 0.139 e. The van der Waals surface area contributed by atoms with E-state index >= 15 is 0 Å². The lowest BCUT2D eigenvalue weighted by Gasteiger charge is -2.25. The number of hydrogen-bond donors (Lipinski definition) is 6. The van der Waals surface area contributed by atoms with Gasteiger partial charge in [0.15, 0.2) is 0 Å². The van der Waals surface area contributed by atoms with Crippen LogP contribution in [-0.4, -0.2) is 61.7 Å². The summed E-state index contributed by atoms with van der Waals surface area (Å²) in [5.74, 6) is -0.123. The molecule has 5 atom stereocenters. The van der Waals surface area contributed by atoms with Gasteiger partial charge in [0.25, 0.3) is 0 Å². The molecule has 0 aliphatic rings. The van der Waals surface area contributed by atoms with Gasteiger partial charge in [0, 0.05) is 0 Å². The Bertz CT molecular complexity index is 498. The molecule has 1 aromatic rings. The van der Waals surface area contributed by atoms with E-state index in [2.05, 4.69) is 13.8 Å². The molecule has 0 amide bonds. The molecule has 0 aliphatic heterocycles. The summed E-state index contributed by atoms with van der Waals surface area (Å²) in [5, 5.41) is 56.9. The Balaban J connectivity index is 2.82. The van der Waals surface area contributed by atoms with Gasteiger partial charge in [0.1, 0.15) is 30.2 Å². The van der Waals surface area contributed by atoms with Crippen LogP contribution in [0.15, 0.2) is 30.0 Å². The van der Waals surface area contributed by atoms with Crippen LogP contribution >= 0.6 is 0 Å². The van der Waals surface area contributed by atoms with E-state index in [0.717, 1.165) is 12.0 Å². The summed E-state index contributed by atoms with van der Waals surface area (Å²) in [6, 6.07) is 7.38. The zero-order chi connectivity index (χ0) is 17.6. The molecule has 1 aromatic carbocycles. The third-order valence-corrected chi connectivity index (χ3v) is 3.99. The zero-order valence-electron chi connectivity index (χ0n) is 13.4. The predicted octanol–water partition coefficient (Wildman–Crippen LogP) is 0.535. The van der Waals surface area contributed by atoms with E-state index in [0.29, 0.717) is 11.5 Å². The minimum absolute atomic E-state index is 0.421. The van der Waals surface area contributed by atoms with Crippen LogP contribution in [0.1, 0.15) is 37.3 Å². The Kier molecular flexibility index (Phi) is 7.67. The Morgan fingerprint density at radius 1 is 1.04 bits per heavy atom. The number of aliphatic hydroxyl groups is 6. The zero-order valence-corrected chi connectivity index (χ0v) is 13.4. The van der Waals surface area contributed by atoms with E-state index in [-0.39, 0.29) is 0 Å². The molecule has 0 heterocycles. The van der Waals surface area contributed by atoms with Gasteiger partial charge in [-0.3, -0.25) is 0 Å². The highest BCUT2D eigenvalue weighted by Gasteiger charge is 2.32. The molecule has 6 nitrogen and oxygen atoms in total. The van der Waals surface area contributed by atoms with Crippen LogP contribution in [0, 0.1) is 0 Å². The van der Waals surface area contributed by atoms with Crippen LogP contribution in [0.4, 0.5) is 0 Å². The molecule has 0 saturated heterocycles. The highest BCUT2D eigenvalue weighted by Crippen LogP contribution is 2.20. The molecule has 6 heteroatoms. The van der Waals surface area contributed by atoms with Gasteiger partial charge in [0.2, 0.25) is 0 Å². The van der Waals surface area contributed by atoms with Gasteiger partial charge in [-0.15, -0.1) is 0 Å².